The number of rotatable bonds is 0. The number of imidazole rings is 1. The molecular formula is C7H4ClN2. The number of fused-ring (bicyclic) bond motifs is 1. The molecule has 0 aliphatic carbocycles. The average Bonchev–Trinajstić information content (AvgIpc) is 2.36. The van der Waals surface area contributed by atoms with Crippen molar-refractivity contribution in [3.05, 3.63) is 35.7 Å². The van der Waals surface area contributed by atoms with Crippen molar-refractivity contribution in [3.63, 3.8) is 0 Å². The van der Waals surface area contributed by atoms with Crippen molar-refractivity contribution < 1.29 is 0 Å². The van der Waals surface area contributed by atoms with Crippen LogP contribution in [0.2, 0.25) is 5.15 Å². The van der Waals surface area contributed by atoms with Crippen LogP contribution >= 0.6 is 11.6 Å². The monoisotopic (exact) mass is 151 g/mol. The number of hydrogen-bond acceptors (Lipinski definition) is 1. The first kappa shape index (κ1) is 5.74. The summed E-state index contributed by atoms with van der Waals surface area (Å²) in [7, 11) is 0. The predicted octanol–water partition coefficient (Wildman–Crippen LogP) is 1.79. The van der Waals surface area contributed by atoms with Crippen LogP contribution in [0.3, 0.4) is 0 Å². The van der Waals surface area contributed by atoms with E-state index in [1.54, 1.807) is 22.9 Å². The molecule has 0 atom stereocenters. The second-order valence-electron chi connectivity index (χ2n) is 1.92. The van der Waals surface area contributed by atoms with Gasteiger partial charge in [0.05, 0.1) is 0 Å². The molecule has 0 bridgehead atoms. The van der Waals surface area contributed by atoms with E-state index in [-0.39, 0.29) is 0 Å². The van der Waals surface area contributed by atoms with Gasteiger partial charge in [0.1, 0.15) is 10.8 Å². The quantitative estimate of drug-likeness (QED) is 0.525. The lowest BCUT2D eigenvalue weighted by Gasteiger charge is -1.92. The Morgan fingerprint density at radius 2 is 2.50 bits per heavy atom. The number of aromatic nitrogens is 2. The third-order valence-corrected chi connectivity index (χ3v) is 1.61. The van der Waals surface area contributed by atoms with Crippen LogP contribution in [-0.2, 0) is 0 Å². The van der Waals surface area contributed by atoms with Gasteiger partial charge in [-0.3, -0.25) is 4.40 Å². The Labute approximate surface area is 63.1 Å². The summed E-state index contributed by atoms with van der Waals surface area (Å²) in [6.07, 6.45) is 3.50. The maximum absolute atomic E-state index is 5.77. The fourth-order valence-corrected chi connectivity index (χ4v) is 1.06. The van der Waals surface area contributed by atoms with Gasteiger partial charge in [0.25, 0.3) is 0 Å². The van der Waals surface area contributed by atoms with E-state index in [1.807, 2.05) is 6.07 Å². The van der Waals surface area contributed by atoms with E-state index in [1.165, 1.54) is 0 Å². The van der Waals surface area contributed by atoms with Gasteiger partial charge in [-0.25, -0.2) is 4.98 Å². The molecule has 0 aliphatic rings. The molecule has 2 aromatic rings. The molecule has 0 saturated carbocycles. The van der Waals surface area contributed by atoms with Crippen molar-refractivity contribution in [2.45, 2.75) is 0 Å². The lowest BCUT2D eigenvalue weighted by Crippen LogP contribution is -1.82. The third-order valence-electron chi connectivity index (χ3n) is 1.32. The molecule has 0 aliphatic heterocycles. The van der Waals surface area contributed by atoms with E-state index in [0.29, 0.717) is 5.15 Å². The van der Waals surface area contributed by atoms with E-state index in [0.717, 1.165) is 5.65 Å². The lowest BCUT2D eigenvalue weighted by atomic mass is 10.5. The second-order valence-corrected chi connectivity index (χ2v) is 2.28. The first-order chi connectivity index (χ1) is 4.88. The van der Waals surface area contributed by atoms with Gasteiger partial charge in [-0.05, 0) is 12.1 Å². The first-order valence-electron chi connectivity index (χ1n) is 2.87. The van der Waals surface area contributed by atoms with Crippen molar-refractivity contribution in [1.82, 2.24) is 9.38 Å². The van der Waals surface area contributed by atoms with E-state index in [9.17, 15) is 0 Å². The van der Waals surface area contributed by atoms with Gasteiger partial charge in [0.15, 0.2) is 0 Å². The molecule has 0 spiro atoms. The van der Waals surface area contributed by atoms with E-state index < -0.39 is 0 Å². The minimum absolute atomic E-state index is 0.565. The summed E-state index contributed by atoms with van der Waals surface area (Å²) in [6, 6.07) is 6.46. The van der Waals surface area contributed by atoms with Crippen LogP contribution < -0.4 is 0 Å². The first-order valence-corrected chi connectivity index (χ1v) is 3.25. The summed E-state index contributed by atoms with van der Waals surface area (Å²) >= 11 is 5.77. The summed E-state index contributed by atoms with van der Waals surface area (Å²) in [5, 5.41) is 0.565. The summed E-state index contributed by atoms with van der Waals surface area (Å²) < 4.78 is 1.77. The number of halogens is 1. The standard InChI is InChI=1S/C7H4ClN2/c8-6-2-1-3-7-9-4-5-10(6)7/h1,3-5H. The largest absolute Gasteiger partial charge is 0.290 e. The van der Waals surface area contributed by atoms with Crippen LogP contribution in [0.1, 0.15) is 0 Å². The van der Waals surface area contributed by atoms with Gasteiger partial charge in [-0.1, -0.05) is 11.6 Å². The van der Waals surface area contributed by atoms with Crippen LogP contribution in [0.25, 0.3) is 5.65 Å². The molecule has 2 aromatic heterocycles. The molecule has 2 rings (SSSR count). The van der Waals surface area contributed by atoms with Gasteiger partial charge >= 0.3 is 0 Å². The molecule has 1 radical (unpaired) electrons. The van der Waals surface area contributed by atoms with Crippen LogP contribution in [-0.4, -0.2) is 9.38 Å². The molecule has 0 N–H and O–H groups in total. The minimum Gasteiger partial charge on any atom is -0.290 e. The Balaban J connectivity index is 2.95. The molecule has 2 heterocycles. The fraction of sp³-hybridized carbons (Fsp3) is 0. The van der Waals surface area contributed by atoms with Crippen molar-refractivity contribution in [2.24, 2.45) is 0 Å². The molecule has 10 heavy (non-hydrogen) atoms. The fourth-order valence-electron chi connectivity index (χ4n) is 0.859. The summed E-state index contributed by atoms with van der Waals surface area (Å²) in [5.74, 6) is 0. The Morgan fingerprint density at radius 1 is 1.60 bits per heavy atom. The maximum Gasteiger partial charge on any atom is 0.137 e. The van der Waals surface area contributed by atoms with Gasteiger partial charge in [0.2, 0.25) is 0 Å². The van der Waals surface area contributed by atoms with Gasteiger partial charge in [0, 0.05) is 18.5 Å². The van der Waals surface area contributed by atoms with Crippen LogP contribution in [0.4, 0.5) is 0 Å². The molecule has 2 nitrogen and oxygen atoms in total. The molecular weight excluding hydrogens is 148 g/mol. The van der Waals surface area contributed by atoms with Gasteiger partial charge < -0.3 is 0 Å². The average molecular weight is 152 g/mol. The van der Waals surface area contributed by atoms with Crippen LogP contribution in [0, 0.1) is 6.07 Å². The van der Waals surface area contributed by atoms with Crippen molar-refractivity contribution in [2.75, 3.05) is 0 Å². The van der Waals surface area contributed by atoms with Crippen molar-refractivity contribution in [1.29, 1.82) is 0 Å². The zero-order valence-corrected chi connectivity index (χ0v) is 5.84. The number of pyridine rings is 1. The molecule has 49 valence electrons. The predicted molar refractivity (Wildman–Crippen MR) is 39.0 cm³/mol. The summed E-state index contributed by atoms with van der Waals surface area (Å²) in [4.78, 5) is 4.04. The SMILES string of the molecule is Clc1[c]ccc2nccn12. The Kier molecular flexibility index (Phi) is 1.14. The molecule has 0 saturated heterocycles. The highest BCUT2D eigenvalue weighted by molar-refractivity contribution is 6.29. The second kappa shape index (κ2) is 1.99. The highest BCUT2D eigenvalue weighted by Crippen LogP contribution is 2.09. The zero-order valence-electron chi connectivity index (χ0n) is 5.08. The summed E-state index contributed by atoms with van der Waals surface area (Å²) in [6.45, 7) is 0. The molecule has 0 aromatic carbocycles. The van der Waals surface area contributed by atoms with E-state index in [2.05, 4.69) is 11.1 Å². The van der Waals surface area contributed by atoms with Crippen molar-refractivity contribution in [3.8, 4) is 0 Å². The zero-order chi connectivity index (χ0) is 6.97. The van der Waals surface area contributed by atoms with E-state index >= 15 is 0 Å². The number of nitrogens with zero attached hydrogens (tertiary/aromatic N) is 2. The van der Waals surface area contributed by atoms with Crippen molar-refractivity contribution >= 4 is 17.2 Å². The van der Waals surface area contributed by atoms with Gasteiger partial charge in [-0.15, -0.1) is 0 Å². The molecule has 0 fully saturated rings. The Hall–Kier alpha value is -1.02. The third kappa shape index (κ3) is 0.693. The highest BCUT2D eigenvalue weighted by atomic mass is 35.5. The maximum atomic E-state index is 5.77. The highest BCUT2D eigenvalue weighted by Gasteiger charge is 1.94. The Bertz CT molecular complexity index is 353. The van der Waals surface area contributed by atoms with Crippen LogP contribution in [0.5, 0.6) is 0 Å². The lowest BCUT2D eigenvalue weighted by molar-refractivity contribution is 1.18. The van der Waals surface area contributed by atoms with Crippen LogP contribution in [0.15, 0.2) is 24.5 Å². The van der Waals surface area contributed by atoms with E-state index in [4.69, 9.17) is 11.6 Å². The molecule has 0 unspecified atom stereocenters. The molecule has 0 amide bonds. The van der Waals surface area contributed by atoms with Gasteiger partial charge in [-0.2, -0.15) is 0 Å². The molecule has 3 heteroatoms. The Morgan fingerprint density at radius 3 is 3.30 bits per heavy atom. The topological polar surface area (TPSA) is 17.3 Å². The summed E-state index contributed by atoms with van der Waals surface area (Å²) in [5.41, 5.74) is 0.851. The minimum atomic E-state index is 0.565. The smallest absolute Gasteiger partial charge is 0.137 e. The normalized spacial score (nSPS) is 10.5. The number of hydrogen-bond donors (Lipinski definition) is 0.